The van der Waals surface area contributed by atoms with Gasteiger partial charge in [0.2, 0.25) is 0 Å². The van der Waals surface area contributed by atoms with E-state index in [0.717, 1.165) is 5.56 Å². The van der Waals surface area contributed by atoms with E-state index in [1.54, 1.807) is 27.0 Å². The molecule has 88 valence electrons. The fourth-order valence-electron chi connectivity index (χ4n) is 1.32. The molecule has 0 heterocycles. The number of rotatable bonds is 3. The van der Waals surface area contributed by atoms with Crippen LogP contribution in [0.4, 0.5) is 4.39 Å². The lowest BCUT2D eigenvalue weighted by molar-refractivity contribution is 0.0677. The minimum atomic E-state index is -0.535. The molecule has 4 heteroatoms. The topological polar surface area (TPSA) is 40.5 Å². The molecule has 0 aromatic heterocycles. The van der Waals surface area contributed by atoms with Crippen LogP contribution in [0, 0.1) is 12.7 Å². The Balaban J connectivity index is 3.00. The van der Waals surface area contributed by atoms with Gasteiger partial charge in [-0.3, -0.25) is 4.79 Å². The highest BCUT2D eigenvalue weighted by Gasteiger charge is 2.19. The Morgan fingerprint density at radius 2 is 2.19 bits per heavy atom. The fraction of sp³-hybridized carbons (Fsp3) is 0.417. The number of hydrogen-bond donors (Lipinski definition) is 1. The summed E-state index contributed by atoms with van der Waals surface area (Å²) in [7, 11) is 1.55. The van der Waals surface area contributed by atoms with Crippen LogP contribution >= 0.6 is 0 Å². The molecule has 1 aromatic carbocycles. The molecule has 0 aliphatic heterocycles. The van der Waals surface area contributed by atoms with E-state index >= 15 is 0 Å². The summed E-state index contributed by atoms with van der Waals surface area (Å²) in [6.45, 7) is 3.35. The number of benzene rings is 1. The van der Waals surface area contributed by atoms with Crippen molar-refractivity contribution in [2.75, 3.05) is 13.7 Å². The predicted molar refractivity (Wildman–Crippen MR) is 59.8 cm³/mol. The quantitative estimate of drug-likeness (QED) is 0.848. The summed E-state index contributed by atoms with van der Waals surface area (Å²) in [5, 5.41) is 8.94. The second kappa shape index (κ2) is 5.07. The Morgan fingerprint density at radius 3 is 2.75 bits per heavy atom. The number of carbonyl (C=O) groups is 1. The van der Waals surface area contributed by atoms with E-state index in [-0.39, 0.29) is 18.2 Å². The molecule has 0 radical (unpaired) electrons. The number of halogens is 1. The number of aliphatic hydroxyl groups excluding tert-OH is 1. The van der Waals surface area contributed by atoms with Gasteiger partial charge >= 0.3 is 0 Å². The Labute approximate surface area is 94.5 Å². The Bertz CT molecular complexity index is 393. The smallest absolute Gasteiger partial charge is 0.256 e. The van der Waals surface area contributed by atoms with Crippen LogP contribution in [-0.4, -0.2) is 35.6 Å². The zero-order valence-electron chi connectivity index (χ0n) is 9.70. The highest BCUT2D eigenvalue weighted by molar-refractivity contribution is 5.94. The van der Waals surface area contributed by atoms with Crippen LogP contribution in [0.5, 0.6) is 0 Å². The molecule has 0 aliphatic rings. The summed E-state index contributed by atoms with van der Waals surface area (Å²) in [5.41, 5.74) is 0.873. The Kier molecular flexibility index (Phi) is 4.01. The molecule has 0 saturated heterocycles. The predicted octanol–water partition coefficient (Wildman–Crippen LogP) is 1.59. The molecule has 1 amide bonds. The molecule has 16 heavy (non-hydrogen) atoms. The first-order chi connectivity index (χ1) is 7.47. The number of amides is 1. The van der Waals surface area contributed by atoms with Gasteiger partial charge in [-0.25, -0.2) is 4.39 Å². The first kappa shape index (κ1) is 12.6. The average molecular weight is 225 g/mol. The monoisotopic (exact) mass is 225 g/mol. The molecule has 0 spiro atoms. The van der Waals surface area contributed by atoms with E-state index in [0.29, 0.717) is 0 Å². The third kappa shape index (κ3) is 2.58. The number of nitrogens with zero attached hydrogens (tertiary/aromatic N) is 1. The van der Waals surface area contributed by atoms with Crippen LogP contribution in [0.3, 0.4) is 0 Å². The van der Waals surface area contributed by atoms with Crippen molar-refractivity contribution in [1.29, 1.82) is 0 Å². The second-order valence-corrected chi connectivity index (χ2v) is 3.93. The molecular formula is C12H16FNO2. The first-order valence-corrected chi connectivity index (χ1v) is 5.11. The van der Waals surface area contributed by atoms with E-state index in [4.69, 9.17) is 5.11 Å². The highest BCUT2D eigenvalue weighted by atomic mass is 19.1. The van der Waals surface area contributed by atoms with E-state index in [1.807, 2.05) is 0 Å². The SMILES string of the molecule is Cc1ccc(F)c(C(=O)N(C)C(C)CO)c1. The lowest BCUT2D eigenvalue weighted by Crippen LogP contribution is -2.37. The molecule has 0 saturated carbocycles. The van der Waals surface area contributed by atoms with E-state index < -0.39 is 11.7 Å². The largest absolute Gasteiger partial charge is 0.394 e. The third-order valence-electron chi connectivity index (χ3n) is 2.60. The van der Waals surface area contributed by atoms with Crippen LogP contribution in [0.15, 0.2) is 18.2 Å². The minimum Gasteiger partial charge on any atom is -0.394 e. The summed E-state index contributed by atoms with van der Waals surface area (Å²) in [4.78, 5) is 13.2. The van der Waals surface area contributed by atoms with Gasteiger partial charge in [0.25, 0.3) is 5.91 Å². The van der Waals surface area contributed by atoms with Gasteiger partial charge in [-0.1, -0.05) is 11.6 Å². The van der Waals surface area contributed by atoms with Gasteiger partial charge in [0.1, 0.15) is 5.82 Å². The molecule has 0 aliphatic carbocycles. The van der Waals surface area contributed by atoms with Crippen LogP contribution in [0.2, 0.25) is 0 Å². The first-order valence-electron chi connectivity index (χ1n) is 5.11. The standard InChI is InChI=1S/C12H16FNO2/c1-8-4-5-11(13)10(6-8)12(16)14(3)9(2)7-15/h4-6,9,15H,7H2,1-3H3. The molecule has 1 rings (SSSR count). The number of aryl methyl sites for hydroxylation is 1. The Morgan fingerprint density at radius 1 is 1.56 bits per heavy atom. The lowest BCUT2D eigenvalue weighted by Gasteiger charge is -2.23. The molecule has 1 aromatic rings. The molecule has 0 fully saturated rings. The van der Waals surface area contributed by atoms with E-state index in [1.165, 1.54) is 17.0 Å². The summed E-state index contributed by atoms with van der Waals surface area (Å²) in [6, 6.07) is 4.08. The van der Waals surface area contributed by atoms with Crippen molar-refractivity contribution in [2.24, 2.45) is 0 Å². The maximum absolute atomic E-state index is 13.4. The van der Waals surface area contributed by atoms with Crippen LogP contribution in [-0.2, 0) is 0 Å². The fourth-order valence-corrected chi connectivity index (χ4v) is 1.32. The van der Waals surface area contributed by atoms with Gasteiger partial charge in [0.15, 0.2) is 0 Å². The van der Waals surface area contributed by atoms with Gasteiger partial charge in [0, 0.05) is 7.05 Å². The van der Waals surface area contributed by atoms with Gasteiger partial charge in [-0.05, 0) is 26.0 Å². The van der Waals surface area contributed by atoms with Crippen molar-refractivity contribution in [2.45, 2.75) is 19.9 Å². The zero-order valence-corrected chi connectivity index (χ0v) is 9.70. The van der Waals surface area contributed by atoms with Crippen molar-refractivity contribution < 1.29 is 14.3 Å². The van der Waals surface area contributed by atoms with Crippen molar-refractivity contribution >= 4 is 5.91 Å². The minimum absolute atomic E-state index is 0.0443. The van der Waals surface area contributed by atoms with Gasteiger partial charge in [0.05, 0.1) is 18.2 Å². The van der Waals surface area contributed by atoms with Crippen molar-refractivity contribution in [1.82, 2.24) is 4.90 Å². The van der Waals surface area contributed by atoms with Crippen molar-refractivity contribution in [3.05, 3.63) is 35.1 Å². The van der Waals surface area contributed by atoms with Gasteiger partial charge in [-0.2, -0.15) is 0 Å². The number of hydrogen-bond acceptors (Lipinski definition) is 2. The molecule has 1 unspecified atom stereocenters. The van der Waals surface area contributed by atoms with E-state index in [9.17, 15) is 9.18 Å². The summed E-state index contributed by atoms with van der Waals surface area (Å²) < 4.78 is 13.4. The third-order valence-corrected chi connectivity index (χ3v) is 2.60. The molecule has 3 nitrogen and oxygen atoms in total. The molecule has 1 atom stereocenters. The number of likely N-dealkylation sites (N-methyl/N-ethyl adjacent to an activating group) is 1. The zero-order chi connectivity index (χ0) is 12.3. The lowest BCUT2D eigenvalue weighted by atomic mass is 10.1. The van der Waals surface area contributed by atoms with E-state index in [2.05, 4.69) is 0 Å². The second-order valence-electron chi connectivity index (χ2n) is 3.93. The van der Waals surface area contributed by atoms with Crippen LogP contribution in [0.1, 0.15) is 22.8 Å². The molecular weight excluding hydrogens is 209 g/mol. The summed E-state index contributed by atoms with van der Waals surface area (Å²) in [6.07, 6.45) is 0. The number of aliphatic hydroxyl groups is 1. The van der Waals surface area contributed by atoms with Crippen molar-refractivity contribution in [3.63, 3.8) is 0 Å². The Hall–Kier alpha value is -1.42. The average Bonchev–Trinajstić information content (AvgIpc) is 2.29. The van der Waals surface area contributed by atoms with Crippen LogP contribution < -0.4 is 0 Å². The maximum atomic E-state index is 13.4. The normalized spacial score (nSPS) is 12.3. The summed E-state index contributed by atoms with van der Waals surface area (Å²) in [5.74, 6) is -0.949. The maximum Gasteiger partial charge on any atom is 0.256 e. The molecule has 0 bridgehead atoms. The highest BCUT2D eigenvalue weighted by Crippen LogP contribution is 2.13. The molecule has 1 N–H and O–H groups in total. The van der Waals surface area contributed by atoms with Crippen LogP contribution in [0.25, 0.3) is 0 Å². The summed E-state index contributed by atoms with van der Waals surface area (Å²) >= 11 is 0. The van der Waals surface area contributed by atoms with Gasteiger partial charge in [-0.15, -0.1) is 0 Å². The number of carbonyl (C=O) groups excluding carboxylic acids is 1. The van der Waals surface area contributed by atoms with Crippen molar-refractivity contribution in [3.8, 4) is 0 Å². The van der Waals surface area contributed by atoms with Gasteiger partial charge < -0.3 is 10.0 Å².